The van der Waals surface area contributed by atoms with Gasteiger partial charge in [0.15, 0.2) is 12.6 Å². The third-order valence-corrected chi connectivity index (χ3v) is 12.5. The van der Waals surface area contributed by atoms with Gasteiger partial charge in [-0.15, -0.1) is 0 Å². The number of nitrogens with zero attached hydrogens (tertiary/aromatic N) is 1. The lowest BCUT2D eigenvalue weighted by Gasteiger charge is -2.50. The van der Waals surface area contributed by atoms with E-state index >= 15 is 0 Å². The minimum Gasteiger partial charge on any atom is -0.459 e. The van der Waals surface area contributed by atoms with Crippen molar-refractivity contribution >= 4 is 11.8 Å². The van der Waals surface area contributed by atoms with Gasteiger partial charge in [0.1, 0.15) is 29.7 Å². The fourth-order valence-electron chi connectivity index (χ4n) is 9.01. The van der Waals surface area contributed by atoms with Gasteiger partial charge in [-0.25, -0.2) is 0 Å². The average Bonchev–Trinajstić information content (AvgIpc) is 3.10. The molecule has 14 heteroatoms. The number of aliphatic hydroxyl groups is 3. The molecule has 0 aliphatic carbocycles. The summed E-state index contributed by atoms with van der Waals surface area (Å²) in [6.07, 6.45) is -7.72. The van der Waals surface area contributed by atoms with Crippen molar-refractivity contribution in [1.82, 2.24) is 4.90 Å². The quantitative estimate of drug-likeness (QED) is 0.293. The van der Waals surface area contributed by atoms with E-state index in [1.165, 1.54) is 28.3 Å². The summed E-state index contributed by atoms with van der Waals surface area (Å²) in [6, 6.07) is -0.270. The van der Waals surface area contributed by atoms with Crippen LogP contribution in [0.3, 0.4) is 0 Å². The van der Waals surface area contributed by atoms with Crippen molar-refractivity contribution in [3.8, 4) is 0 Å². The number of ketones is 1. The molecule has 0 radical (unpaired) electrons. The Morgan fingerprint density at radius 1 is 0.849 bits per heavy atom. The number of rotatable bonds is 9. The molecule has 0 aromatic heterocycles. The SMILES string of the molecule is CC[C@@H]1OC(=O)[C@H](C)[C@H](O[C@H]2C[C@](C)(OC)[C@@H](O)[C@H](C)O2)[C@@H](C)[C@H](O[C@@H]2O[C@H](C)C[C@H](N(C)C)[C@@H]2O)[C@](C)(OC)C[C@H](C)C(=O)[C@H](C)[C@@H](OC)[C@]1(C)O. The Morgan fingerprint density at radius 3 is 1.98 bits per heavy atom. The molecule has 0 unspecified atom stereocenters. The maximum atomic E-state index is 14.3. The summed E-state index contributed by atoms with van der Waals surface area (Å²) in [4.78, 5) is 30.5. The Hall–Kier alpha value is -1.30. The monoisotopic (exact) mass is 761 g/mol. The lowest BCUT2D eigenvalue weighted by Crippen LogP contribution is -2.61. The van der Waals surface area contributed by atoms with E-state index in [9.17, 15) is 24.9 Å². The zero-order valence-electron chi connectivity index (χ0n) is 34.9. The highest BCUT2D eigenvalue weighted by Crippen LogP contribution is 2.42. The number of carbonyl (C=O) groups excluding carboxylic acids is 2. The van der Waals surface area contributed by atoms with Crippen molar-refractivity contribution in [2.45, 2.75) is 179 Å². The Bertz CT molecular complexity index is 1200. The summed E-state index contributed by atoms with van der Waals surface area (Å²) in [7, 11) is 8.26. The molecule has 3 N–H and O–H groups in total. The number of likely N-dealkylation sites (N-methyl/N-ethyl adjacent to an activating group) is 1. The van der Waals surface area contributed by atoms with E-state index < -0.39 is 102 Å². The second kappa shape index (κ2) is 18.3. The maximum absolute atomic E-state index is 14.3. The molecule has 18 atom stereocenters. The minimum absolute atomic E-state index is 0.144. The van der Waals surface area contributed by atoms with Gasteiger partial charge in [-0.1, -0.05) is 27.7 Å². The van der Waals surface area contributed by atoms with Crippen LogP contribution in [0.1, 0.15) is 94.9 Å². The van der Waals surface area contributed by atoms with E-state index in [-0.39, 0.29) is 37.2 Å². The first-order valence-electron chi connectivity index (χ1n) is 19.3. The topological polar surface area (TPSA) is 172 Å². The zero-order chi connectivity index (χ0) is 40.4. The van der Waals surface area contributed by atoms with E-state index in [2.05, 4.69) is 0 Å². The number of cyclic esters (lactones) is 1. The molecular formula is C39H71NO13. The van der Waals surface area contributed by atoms with E-state index in [0.717, 1.165) is 0 Å². The number of esters is 1. The summed E-state index contributed by atoms with van der Waals surface area (Å²) >= 11 is 0. The number of methoxy groups -OCH3 is 3. The van der Waals surface area contributed by atoms with E-state index in [4.69, 9.17) is 37.9 Å². The largest absolute Gasteiger partial charge is 0.459 e. The van der Waals surface area contributed by atoms with E-state index in [1.807, 2.05) is 46.7 Å². The Balaban J connectivity index is 2.24. The second-order valence-corrected chi connectivity index (χ2v) is 16.8. The number of aliphatic hydroxyl groups excluding tert-OH is 2. The normalized spacial score (nSPS) is 48.3. The van der Waals surface area contributed by atoms with Crippen molar-refractivity contribution in [3.63, 3.8) is 0 Å². The predicted molar refractivity (Wildman–Crippen MR) is 196 cm³/mol. The molecule has 0 aromatic rings. The molecule has 3 rings (SSSR count). The van der Waals surface area contributed by atoms with Crippen LogP contribution in [0.25, 0.3) is 0 Å². The molecule has 0 amide bonds. The molecule has 14 nitrogen and oxygen atoms in total. The van der Waals surface area contributed by atoms with Crippen molar-refractivity contribution < 1.29 is 62.8 Å². The Kier molecular flexibility index (Phi) is 15.9. The number of hydrogen-bond acceptors (Lipinski definition) is 14. The molecule has 0 aromatic carbocycles. The molecule has 310 valence electrons. The highest BCUT2D eigenvalue weighted by atomic mass is 16.7. The predicted octanol–water partition coefficient (Wildman–Crippen LogP) is 3.09. The standard InChI is InChI=1S/C39H71NO13/c1-16-27-39(10,45)34(46-13)22(4)29(41)20(2)18-38(9,48-15)33(53-36-30(42)26(40(11)12)17-21(3)49-36)23(5)31(24(6)35(44)51-27)52-28-19-37(8,47-14)32(43)25(7)50-28/h20-28,30-34,36,42-43,45H,16-19H2,1-15H3/t20-,21+,22-,23+,24+,25-,26-,27-,28-,30-,31+,32-,33-,34+,36-,37-,38+,39+/m0/s1. The molecular weight excluding hydrogens is 690 g/mol. The van der Waals surface area contributed by atoms with Crippen LogP contribution in [0.5, 0.6) is 0 Å². The van der Waals surface area contributed by atoms with Gasteiger partial charge in [-0.3, -0.25) is 9.59 Å². The van der Waals surface area contributed by atoms with Crippen LogP contribution in [-0.4, -0.2) is 152 Å². The molecule has 3 heterocycles. The van der Waals surface area contributed by atoms with Gasteiger partial charge in [0.25, 0.3) is 0 Å². The summed E-state index contributed by atoms with van der Waals surface area (Å²) in [5.41, 5.74) is -3.96. The van der Waals surface area contributed by atoms with Gasteiger partial charge in [0.2, 0.25) is 0 Å². The first-order chi connectivity index (χ1) is 24.5. The second-order valence-electron chi connectivity index (χ2n) is 16.8. The van der Waals surface area contributed by atoms with Crippen molar-refractivity contribution in [2.75, 3.05) is 35.4 Å². The zero-order valence-corrected chi connectivity index (χ0v) is 34.9. The van der Waals surface area contributed by atoms with Gasteiger partial charge in [-0.05, 0) is 74.9 Å². The van der Waals surface area contributed by atoms with Gasteiger partial charge in [0, 0.05) is 51.5 Å². The fraction of sp³-hybridized carbons (Fsp3) is 0.949. The summed E-state index contributed by atoms with van der Waals surface area (Å²) < 4.78 is 50.0. The third-order valence-electron chi connectivity index (χ3n) is 12.5. The summed E-state index contributed by atoms with van der Waals surface area (Å²) in [5, 5.41) is 34.5. The maximum Gasteiger partial charge on any atom is 0.311 e. The fourth-order valence-corrected chi connectivity index (χ4v) is 9.01. The highest BCUT2D eigenvalue weighted by Gasteiger charge is 2.54. The first-order valence-corrected chi connectivity index (χ1v) is 19.3. The third kappa shape index (κ3) is 9.81. The lowest BCUT2D eigenvalue weighted by molar-refractivity contribution is -0.319. The molecule has 3 fully saturated rings. The molecule has 53 heavy (non-hydrogen) atoms. The summed E-state index contributed by atoms with van der Waals surface area (Å²) in [6.45, 7) is 17.7. The molecule has 0 spiro atoms. The van der Waals surface area contributed by atoms with E-state index in [1.54, 1.807) is 34.6 Å². The average molecular weight is 762 g/mol. The Morgan fingerprint density at radius 2 is 1.45 bits per heavy atom. The number of carbonyl (C=O) groups is 2. The van der Waals surface area contributed by atoms with Crippen LogP contribution in [0.2, 0.25) is 0 Å². The van der Waals surface area contributed by atoms with Crippen LogP contribution in [-0.2, 0) is 47.5 Å². The van der Waals surface area contributed by atoms with Gasteiger partial charge < -0.3 is 58.1 Å². The van der Waals surface area contributed by atoms with Gasteiger partial charge in [-0.2, -0.15) is 0 Å². The van der Waals surface area contributed by atoms with Crippen molar-refractivity contribution in [2.24, 2.45) is 23.7 Å². The van der Waals surface area contributed by atoms with Crippen LogP contribution >= 0.6 is 0 Å². The molecule has 3 aliphatic rings. The molecule has 3 aliphatic heterocycles. The molecule has 3 saturated heterocycles. The van der Waals surface area contributed by atoms with Gasteiger partial charge >= 0.3 is 5.97 Å². The molecule has 0 bridgehead atoms. The van der Waals surface area contributed by atoms with E-state index in [0.29, 0.717) is 6.42 Å². The smallest absolute Gasteiger partial charge is 0.311 e. The first kappa shape index (κ1) is 46.1. The van der Waals surface area contributed by atoms with Crippen molar-refractivity contribution in [1.29, 1.82) is 0 Å². The lowest BCUT2D eigenvalue weighted by atomic mass is 9.73. The van der Waals surface area contributed by atoms with Crippen LogP contribution in [0.15, 0.2) is 0 Å². The van der Waals surface area contributed by atoms with Crippen LogP contribution < -0.4 is 0 Å². The molecule has 0 saturated carbocycles. The number of hydrogen-bond donors (Lipinski definition) is 3. The van der Waals surface area contributed by atoms with Gasteiger partial charge in [0.05, 0.1) is 47.6 Å². The number of ether oxygens (including phenoxy) is 8. The van der Waals surface area contributed by atoms with Crippen LogP contribution in [0, 0.1) is 23.7 Å². The Labute approximate surface area is 317 Å². The highest BCUT2D eigenvalue weighted by molar-refractivity contribution is 5.83. The minimum atomic E-state index is -1.73. The van der Waals surface area contributed by atoms with Crippen LogP contribution in [0.4, 0.5) is 0 Å². The number of Topliss-reactive ketones (excluding diaryl/α,β-unsaturated/α-hetero) is 1. The van der Waals surface area contributed by atoms with Crippen molar-refractivity contribution in [3.05, 3.63) is 0 Å². The summed E-state index contributed by atoms with van der Waals surface area (Å²) in [5.74, 6) is -3.88.